The van der Waals surface area contributed by atoms with E-state index in [1.807, 2.05) is 0 Å². The van der Waals surface area contributed by atoms with Crippen molar-refractivity contribution >= 4 is 5.78 Å². The Morgan fingerprint density at radius 1 is 1.71 bits per heavy atom. The fourth-order valence-electron chi connectivity index (χ4n) is 1.00. The third-order valence-electron chi connectivity index (χ3n) is 1.49. The van der Waals surface area contributed by atoms with Crippen molar-refractivity contribution in [3.05, 3.63) is 0 Å². The van der Waals surface area contributed by atoms with Crippen LogP contribution in [-0.2, 0) is 4.79 Å². The highest BCUT2D eigenvalue weighted by Gasteiger charge is 2.16. The zero-order chi connectivity index (χ0) is 5.28. The first kappa shape index (κ1) is 4.82. The number of carbonyl (C=O) groups is 1. The molecule has 1 aliphatic carbocycles. The Hall–Kier alpha value is -0.330. The van der Waals surface area contributed by atoms with Crippen molar-refractivity contribution < 1.29 is 4.79 Å². The first-order valence-electron chi connectivity index (χ1n) is 2.81. The molecule has 40 valence electrons. The van der Waals surface area contributed by atoms with Gasteiger partial charge in [0.05, 0.1) is 0 Å². The van der Waals surface area contributed by atoms with Crippen molar-refractivity contribution in [2.75, 3.05) is 0 Å². The van der Waals surface area contributed by atoms with E-state index in [9.17, 15) is 4.79 Å². The normalized spacial score (nSPS) is 31.6. The Balaban J connectivity index is 2.40. The van der Waals surface area contributed by atoms with Gasteiger partial charge in [0.15, 0.2) is 0 Å². The van der Waals surface area contributed by atoms with E-state index in [0.717, 1.165) is 19.3 Å². The van der Waals surface area contributed by atoms with Crippen molar-refractivity contribution in [1.29, 1.82) is 0 Å². The quantitative estimate of drug-likeness (QED) is 0.447. The van der Waals surface area contributed by atoms with Crippen LogP contribution in [0.25, 0.3) is 0 Å². The summed E-state index contributed by atoms with van der Waals surface area (Å²) in [5, 5.41) is 0. The molecule has 1 fully saturated rings. The predicted molar refractivity (Wildman–Crippen MR) is 28.0 cm³/mol. The third kappa shape index (κ3) is 1.02. The molecule has 1 heteroatoms. The molecule has 0 spiro atoms. The van der Waals surface area contributed by atoms with Gasteiger partial charge in [0, 0.05) is 12.8 Å². The summed E-state index contributed by atoms with van der Waals surface area (Å²) in [6.45, 7) is 2.13. The molecule has 0 unspecified atom stereocenters. The second-order valence-electron chi connectivity index (χ2n) is 2.39. The van der Waals surface area contributed by atoms with E-state index < -0.39 is 0 Å². The van der Waals surface area contributed by atoms with Crippen molar-refractivity contribution in [3.8, 4) is 0 Å². The zero-order valence-corrected chi connectivity index (χ0v) is 4.61. The Morgan fingerprint density at radius 2 is 2.43 bits per heavy atom. The molecular formula is C6H10O. The summed E-state index contributed by atoms with van der Waals surface area (Å²) in [5.41, 5.74) is 0. The molecule has 0 amide bonds. The Morgan fingerprint density at radius 3 is 2.57 bits per heavy atom. The number of rotatable bonds is 0. The number of Topliss-reactive ketones (excluding diaryl/α,β-unsaturated/α-hetero) is 1. The van der Waals surface area contributed by atoms with Crippen molar-refractivity contribution in [1.82, 2.24) is 0 Å². The highest BCUT2D eigenvalue weighted by molar-refractivity contribution is 5.80. The number of carbonyl (C=O) groups excluding carboxylic acids is 1. The molecule has 0 aliphatic heterocycles. The number of hydrogen-bond acceptors (Lipinski definition) is 1. The van der Waals surface area contributed by atoms with Crippen LogP contribution in [0, 0.1) is 5.92 Å². The van der Waals surface area contributed by atoms with Crippen LogP contribution in [-0.4, -0.2) is 5.78 Å². The van der Waals surface area contributed by atoms with Crippen LogP contribution in [0.3, 0.4) is 0 Å². The van der Waals surface area contributed by atoms with Gasteiger partial charge >= 0.3 is 0 Å². The summed E-state index contributed by atoms with van der Waals surface area (Å²) in [6.07, 6.45) is 2.79. The molecule has 0 bridgehead atoms. The molecule has 7 heavy (non-hydrogen) atoms. The summed E-state index contributed by atoms with van der Waals surface area (Å²) in [7, 11) is 0. The lowest BCUT2D eigenvalue weighted by Crippen LogP contribution is -1.86. The first-order chi connectivity index (χ1) is 3.29. The topological polar surface area (TPSA) is 17.1 Å². The summed E-state index contributed by atoms with van der Waals surface area (Å²) in [6, 6.07) is 0. The zero-order valence-electron chi connectivity index (χ0n) is 4.61. The van der Waals surface area contributed by atoms with Crippen LogP contribution in [0.15, 0.2) is 0 Å². The van der Waals surface area contributed by atoms with Gasteiger partial charge in [-0.25, -0.2) is 0 Å². The van der Waals surface area contributed by atoms with E-state index in [0.29, 0.717) is 11.7 Å². The minimum Gasteiger partial charge on any atom is -0.300 e. The highest BCUT2D eigenvalue weighted by Crippen LogP contribution is 2.19. The molecule has 1 aliphatic rings. The van der Waals surface area contributed by atoms with Gasteiger partial charge in [0.25, 0.3) is 0 Å². The van der Waals surface area contributed by atoms with Gasteiger partial charge in [-0.1, -0.05) is 6.92 Å². The first-order valence-corrected chi connectivity index (χ1v) is 2.81. The van der Waals surface area contributed by atoms with E-state index in [4.69, 9.17) is 0 Å². The Kier molecular flexibility index (Phi) is 1.13. The van der Waals surface area contributed by atoms with Gasteiger partial charge in [-0.05, 0) is 12.3 Å². The maximum Gasteiger partial charge on any atom is 0.133 e. The molecular weight excluding hydrogens is 88.1 g/mol. The van der Waals surface area contributed by atoms with E-state index in [1.54, 1.807) is 0 Å². The lowest BCUT2D eigenvalue weighted by atomic mass is 10.1. The molecule has 1 atom stereocenters. The summed E-state index contributed by atoms with van der Waals surface area (Å²) in [4.78, 5) is 10.5. The van der Waals surface area contributed by atoms with E-state index >= 15 is 0 Å². The second-order valence-corrected chi connectivity index (χ2v) is 2.39. The Labute approximate surface area is 43.7 Å². The molecule has 1 rings (SSSR count). The SMILES string of the molecule is C[C@@H]1CCC(=O)C1. The van der Waals surface area contributed by atoms with Gasteiger partial charge in [-0.15, -0.1) is 0 Å². The molecule has 1 nitrogen and oxygen atoms in total. The predicted octanol–water partition coefficient (Wildman–Crippen LogP) is 1.38. The molecule has 0 saturated heterocycles. The largest absolute Gasteiger partial charge is 0.300 e. The average Bonchev–Trinajstić information content (AvgIpc) is 1.87. The van der Waals surface area contributed by atoms with Crippen LogP contribution >= 0.6 is 0 Å². The van der Waals surface area contributed by atoms with E-state index in [-0.39, 0.29) is 0 Å². The van der Waals surface area contributed by atoms with Crippen LogP contribution in [0.1, 0.15) is 26.2 Å². The monoisotopic (exact) mass is 98.1 g/mol. The fourth-order valence-corrected chi connectivity index (χ4v) is 1.00. The van der Waals surface area contributed by atoms with Gasteiger partial charge in [-0.3, -0.25) is 4.79 Å². The van der Waals surface area contributed by atoms with E-state index in [1.165, 1.54) is 0 Å². The fraction of sp³-hybridized carbons (Fsp3) is 0.833. The molecule has 0 aromatic heterocycles. The second kappa shape index (κ2) is 1.65. The average molecular weight is 98.1 g/mol. The summed E-state index contributed by atoms with van der Waals surface area (Å²) in [5.74, 6) is 1.12. The smallest absolute Gasteiger partial charge is 0.133 e. The van der Waals surface area contributed by atoms with Crippen LogP contribution in [0.4, 0.5) is 0 Å². The lowest BCUT2D eigenvalue weighted by molar-refractivity contribution is -0.117. The number of ketones is 1. The summed E-state index contributed by atoms with van der Waals surface area (Å²) >= 11 is 0. The minimum atomic E-state index is 0.451. The number of hydrogen-bond donors (Lipinski definition) is 0. The van der Waals surface area contributed by atoms with Crippen LogP contribution in [0.2, 0.25) is 0 Å². The molecule has 1 saturated carbocycles. The maximum atomic E-state index is 10.5. The maximum absolute atomic E-state index is 10.5. The van der Waals surface area contributed by atoms with Gasteiger partial charge in [-0.2, -0.15) is 0 Å². The summed E-state index contributed by atoms with van der Waals surface area (Å²) < 4.78 is 0. The minimum absolute atomic E-state index is 0.451. The molecule has 0 aromatic rings. The van der Waals surface area contributed by atoms with Crippen LogP contribution < -0.4 is 0 Å². The van der Waals surface area contributed by atoms with Gasteiger partial charge in [0.1, 0.15) is 5.78 Å². The third-order valence-corrected chi connectivity index (χ3v) is 1.49. The molecule has 0 aromatic carbocycles. The van der Waals surface area contributed by atoms with E-state index in [2.05, 4.69) is 6.92 Å². The van der Waals surface area contributed by atoms with Crippen molar-refractivity contribution in [2.24, 2.45) is 5.92 Å². The lowest BCUT2D eigenvalue weighted by Gasteiger charge is -1.90. The molecule has 0 N–H and O–H groups in total. The van der Waals surface area contributed by atoms with Crippen molar-refractivity contribution in [3.63, 3.8) is 0 Å². The van der Waals surface area contributed by atoms with Gasteiger partial charge in [0.2, 0.25) is 0 Å². The van der Waals surface area contributed by atoms with Crippen LogP contribution in [0.5, 0.6) is 0 Å². The Bertz CT molecular complexity index is 86.2. The standard InChI is InChI=1S/C6H10O/c1-5-2-3-6(7)4-5/h5H,2-4H2,1H3/t5-/m1/s1. The highest BCUT2D eigenvalue weighted by atomic mass is 16.1. The van der Waals surface area contributed by atoms with Crippen molar-refractivity contribution in [2.45, 2.75) is 26.2 Å². The molecule has 0 radical (unpaired) electrons. The molecule has 0 heterocycles. The van der Waals surface area contributed by atoms with Gasteiger partial charge < -0.3 is 0 Å².